The lowest BCUT2D eigenvalue weighted by Gasteiger charge is -2.48. The van der Waals surface area contributed by atoms with Crippen LogP contribution in [0.4, 0.5) is 4.79 Å². The summed E-state index contributed by atoms with van der Waals surface area (Å²) in [7, 11) is 0. The number of carbonyl (C=O) groups excluding carboxylic acids is 2. The van der Waals surface area contributed by atoms with Gasteiger partial charge in [0.1, 0.15) is 0 Å². The lowest BCUT2D eigenvalue weighted by Crippen LogP contribution is -2.56. The number of nitrogens with zero attached hydrogens (tertiary/aromatic N) is 2. The maximum atomic E-state index is 12.6. The quantitative estimate of drug-likeness (QED) is 0.846. The highest BCUT2D eigenvalue weighted by Gasteiger charge is 2.45. The number of nitrogens with one attached hydrogen (secondary N) is 1. The molecule has 1 unspecified atom stereocenters. The average molecular weight is 400 g/mol. The summed E-state index contributed by atoms with van der Waals surface area (Å²) in [6.07, 6.45) is 5.80. The van der Waals surface area contributed by atoms with Gasteiger partial charge in [0.15, 0.2) is 0 Å². The van der Waals surface area contributed by atoms with E-state index in [4.69, 9.17) is 4.74 Å². The van der Waals surface area contributed by atoms with Gasteiger partial charge in [-0.25, -0.2) is 4.79 Å². The zero-order valence-electron chi connectivity index (χ0n) is 17.7. The van der Waals surface area contributed by atoms with Crippen LogP contribution < -0.4 is 5.32 Å². The van der Waals surface area contributed by atoms with E-state index in [0.717, 1.165) is 44.1 Å². The Labute approximate surface area is 173 Å². The normalized spacial score (nSPS) is 23.7. The molecule has 3 amide bonds. The number of aryl methyl sites for hydroxylation is 1. The zero-order chi connectivity index (χ0) is 20.4. The van der Waals surface area contributed by atoms with Crippen LogP contribution in [-0.4, -0.2) is 59.1 Å². The van der Waals surface area contributed by atoms with Crippen LogP contribution in [0.2, 0.25) is 0 Å². The smallest absolute Gasteiger partial charge is 0.317 e. The van der Waals surface area contributed by atoms with E-state index >= 15 is 0 Å². The summed E-state index contributed by atoms with van der Waals surface area (Å²) >= 11 is 0. The minimum atomic E-state index is -0.181. The molecule has 1 saturated carbocycles. The number of likely N-dealkylation sites (tertiary alicyclic amines) is 1. The van der Waals surface area contributed by atoms with E-state index < -0.39 is 0 Å². The number of urea groups is 1. The number of piperidine rings is 1. The highest BCUT2D eigenvalue weighted by molar-refractivity contribution is 5.75. The predicted octanol–water partition coefficient (Wildman–Crippen LogP) is 3.23. The molecule has 1 aromatic rings. The van der Waals surface area contributed by atoms with Crippen LogP contribution in [0.25, 0.3) is 0 Å². The standard InChI is InChI=1S/C23H33N3O3/c1-17-3-5-19(6-4-17)16-24-22(28)25-12-10-23(11-13-25)15-21(9-14-29-23)26(18(2)27)20-7-8-20/h3-6,20-21H,7-16H2,1-2H3,(H,24,28). The molecule has 1 N–H and O–H groups in total. The van der Waals surface area contributed by atoms with Crippen molar-refractivity contribution in [2.45, 2.75) is 76.6 Å². The molecule has 6 nitrogen and oxygen atoms in total. The van der Waals surface area contributed by atoms with Crippen LogP contribution in [0.3, 0.4) is 0 Å². The number of rotatable bonds is 4. The van der Waals surface area contributed by atoms with Gasteiger partial charge in [0.05, 0.1) is 5.60 Å². The molecule has 2 aliphatic heterocycles. The van der Waals surface area contributed by atoms with Crippen LogP contribution >= 0.6 is 0 Å². The summed E-state index contributed by atoms with van der Waals surface area (Å²) in [5.74, 6) is 0.197. The monoisotopic (exact) mass is 399 g/mol. The SMILES string of the molecule is CC(=O)N(C1CC1)C1CCOC2(CCN(C(=O)NCc3ccc(C)cc3)CC2)C1. The molecule has 158 valence electrons. The fourth-order valence-corrected chi connectivity index (χ4v) is 4.87. The van der Waals surface area contributed by atoms with Crippen molar-refractivity contribution in [2.75, 3.05) is 19.7 Å². The number of carbonyl (C=O) groups is 2. The Morgan fingerprint density at radius 1 is 1.14 bits per heavy atom. The van der Waals surface area contributed by atoms with Crippen LogP contribution in [0, 0.1) is 6.92 Å². The fourth-order valence-electron chi connectivity index (χ4n) is 4.87. The summed E-state index contributed by atoms with van der Waals surface area (Å²) in [5.41, 5.74) is 2.15. The fraction of sp³-hybridized carbons (Fsp3) is 0.652. The van der Waals surface area contributed by atoms with Gasteiger partial charge in [-0.2, -0.15) is 0 Å². The molecule has 29 heavy (non-hydrogen) atoms. The summed E-state index contributed by atoms with van der Waals surface area (Å²) < 4.78 is 6.24. The number of hydrogen-bond donors (Lipinski definition) is 1. The van der Waals surface area contributed by atoms with Crippen molar-refractivity contribution in [3.8, 4) is 0 Å². The van der Waals surface area contributed by atoms with Crippen LogP contribution in [0.5, 0.6) is 0 Å². The maximum absolute atomic E-state index is 12.6. The molecule has 2 saturated heterocycles. The molecule has 0 radical (unpaired) electrons. The summed E-state index contributed by atoms with van der Waals surface area (Å²) in [4.78, 5) is 28.8. The topological polar surface area (TPSA) is 61.9 Å². The van der Waals surface area contributed by atoms with E-state index in [1.54, 1.807) is 6.92 Å². The van der Waals surface area contributed by atoms with Gasteiger partial charge in [0, 0.05) is 45.2 Å². The Balaban J connectivity index is 1.29. The number of amides is 3. The minimum Gasteiger partial charge on any atom is -0.375 e. The first kappa shape index (κ1) is 20.2. The Morgan fingerprint density at radius 3 is 2.45 bits per heavy atom. The first-order valence-electron chi connectivity index (χ1n) is 11.0. The van der Waals surface area contributed by atoms with Gasteiger partial charge in [0.2, 0.25) is 5.91 Å². The second kappa shape index (κ2) is 8.34. The zero-order valence-corrected chi connectivity index (χ0v) is 17.7. The predicted molar refractivity (Wildman–Crippen MR) is 111 cm³/mol. The Morgan fingerprint density at radius 2 is 1.83 bits per heavy atom. The summed E-state index contributed by atoms with van der Waals surface area (Å²) in [6, 6.07) is 8.96. The first-order valence-corrected chi connectivity index (χ1v) is 11.0. The van der Waals surface area contributed by atoms with Gasteiger partial charge in [-0.3, -0.25) is 4.79 Å². The molecular formula is C23H33N3O3. The van der Waals surface area contributed by atoms with E-state index in [0.29, 0.717) is 32.3 Å². The van der Waals surface area contributed by atoms with Crippen molar-refractivity contribution in [2.24, 2.45) is 0 Å². The highest BCUT2D eigenvalue weighted by Crippen LogP contribution is 2.40. The van der Waals surface area contributed by atoms with Crippen LogP contribution in [0.1, 0.15) is 56.6 Å². The lowest BCUT2D eigenvalue weighted by molar-refractivity contribution is -0.148. The van der Waals surface area contributed by atoms with Crippen molar-refractivity contribution < 1.29 is 14.3 Å². The summed E-state index contributed by atoms with van der Waals surface area (Å²) in [6.45, 7) is 6.42. The number of ether oxygens (including phenoxy) is 1. The highest BCUT2D eigenvalue weighted by atomic mass is 16.5. The molecule has 2 heterocycles. The van der Waals surface area contributed by atoms with Crippen molar-refractivity contribution in [3.63, 3.8) is 0 Å². The molecule has 0 aromatic heterocycles. The third-order valence-electron chi connectivity index (χ3n) is 6.69. The second-order valence-corrected chi connectivity index (χ2v) is 8.97. The van der Waals surface area contributed by atoms with Crippen molar-refractivity contribution in [1.29, 1.82) is 0 Å². The first-order chi connectivity index (χ1) is 14.0. The minimum absolute atomic E-state index is 0.00359. The molecule has 1 aliphatic carbocycles. The average Bonchev–Trinajstić information content (AvgIpc) is 3.53. The van der Waals surface area contributed by atoms with Gasteiger partial charge in [-0.1, -0.05) is 29.8 Å². The Kier molecular flexibility index (Phi) is 5.81. The molecule has 1 spiro atoms. The van der Waals surface area contributed by atoms with Crippen molar-refractivity contribution in [3.05, 3.63) is 35.4 Å². The maximum Gasteiger partial charge on any atom is 0.317 e. The molecule has 0 bridgehead atoms. The van der Waals surface area contributed by atoms with E-state index in [2.05, 4.69) is 41.4 Å². The largest absolute Gasteiger partial charge is 0.375 e. The molecular weight excluding hydrogens is 366 g/mol. The van der Waals surface area contributed by atoms with Gasteiger partial charge in [-0.05, 0) is 51.0 Å². The van der Waals surface area contributed by atoms with Gasteiger partial charge in [0.25, 0.3) is 0 Å². The van der Waals surface area contributed by atoms with E-state index in [1.807, 2.05) is 4.90 Å². The second-order valence-electron chi connectivity index (χ2n) is 8.97. The number of hydrogen-bond acceptors (Lipinski definition) is 3. The third-order valence-corrected chi connectivity index (χ3v) is 6.69. The van der Waals surface area contributed by atoms with E-state index in [-0.39, 0.29) is 23.6 Å². The summed E-state index contributed by atoms with van der Waals surface area (Å²) in [5, 5.41) is 3.04. The lowest BCUT2D eigenvalue weighted by atomic mass is 9.81. The van der Waals surface area contributed by atoms with Crippen LogP contribution in [0.15, 0.2) is 24.3 Å². The Hall–Kier alpha value is -2.08. The van der Waals surface area contributed by atoms with Crippen molar-refractivity contribution >= 4 is 11.9 Å². The Bertz CT molecular complexity index is 736. The van der Waals surface area contributed by atoms with E-state index in [9.17, 15) is 9.59 Å². The van der Waals surface area contributed by atoms with Gasteiger partial charge >= 0.3 is 6.03 Å². The van der Waals surface area contributed by atoms with E-state index in [1.165, 1.54) is 5.56 Å². The molecule has 3 fully saturated rings. The molecule has 1 atom stereocenters. The van der Waals surface area contributed by atoms with Crippen molar-refractivity contribution in [1.82, 2.24) is 15.1 Å². The molecule has 4 rings (SSSR count). The van der Waals surface area contributed by atoms with Gasteiger partial charge in [-0.15, -0.1) is 0 Å². The van der Waals surface area contributed by atoms with Gasteiger partial charge < -0.3 is 19.9 Å². The van der Waals surface area contributed by atoms with Crippen LogP contribution in [-0.2, 0) is 16.1 Å². The molecule has 6 heteroatoms. The molecule has 3 aliphatic rings. The third kappa shape index (κ3) is 4.74. The molecule has 1 aromatic carbocycles. The number of benzene rings is 1.